The van der Waals surface area contributed by atoms with Gasteiger partial charge in [-0.1, -0.05) is 48.5 Å². The first-order chi connectivity index (χ1) is 13.7. The number of nitrogens with zero attached hydrogens (tertiary/aromatic N) is 2. The lowest BCUT2D eigenvalue weighted by Gasteiger charge is -2.09. The summed E-state index contributed by atoms with van der Waals surface area (Å²) in [5.41, 5.74) is 1.19. The summed E-state index contributed by atoms with van der Waals surface area (Å²) in [4.78, 5) is 21.2. The number of benzene rings is 2. The minimum atomic E-state index is -0.758. The van der Waals surface area contributed by atoms with Crippen molar-refractivity contribution in [1.82, 2.24) is 9.97 Å². The van der Waals surface area contributed by atoms with Crippen LogP contribution in [0.25, 0.3) is 20.3 Å². The van der Waals surface area contributed by atoms with E-state index in [1.807, 2.05) is 30.3 Å². The fourth-order valence-electron chi connectivity index (χ4n) is 3.25. The van der Waals surface area contributed by atoms with Crippen LogP contribution >= 0.6 is 11.3 Å². The molecule has 0 aliphatic rings. The van der Waals surface area contributed by atoms with Crippen LogP contribution in [0.2, 0.25) is 0 Å². The van der Waals surface area contributed by atoms with Gasteiger partial charge in [0.05, 0.1) is 5.39 Å². The lowest BCUT2D eigenvalue weighted by atomic mass is 10.1. The molecule has 2 heterocycles. The quantitative estimate of drug-likeness (QED) is 0.401. The maximum absolute atomic E-state index is 10.7. The number of nitrogens with one attached hydrogen (secondary N) is 1. The maximum atomic E-state index is 10.7. The van der Waals surface area contributed by atoms with E-state index in [4.69, 9.17) is 15.1 Å². The molecule has 4 rings (SSSR count). The summed E-state index contributed by atoms with van der Waals surface area (Å²) in [6.45, 7) is 0.690. The third kappa shape index (κ3) is 4.12. The SMILES string of the molecule is O=C(O)CCCCc1nc(NCc2ccccc2)c2c(n1)sc1ccccc12. The van der Waals surface area contributed by atoms with Crippen LogP contribution in [0.5, 0.6) is 0 Å². The van der Waals surface area contributed by atoms with Gasteiger partial charge in [0.2, 0.25) is 0 Å². The van der Waals surface area contributed by atoms with Gasteiger partial charge in [-0.2, -0.15) is 0 Å². The second kappa shape index (κ2) is 8.35. The van der Waals surface area contributed by atoms with Gasteiger partial charge in [0, 0.05) is 29.5 Å². The molecule has 0 radical (unpaired) electrons. The Morgan fingerprint density at radius 3 is 2.61 bits per heavy atom. The molecule has 0 atom stereocenters. The maximum Gasteiger partial charge on any atom is 0.303 e. The van der Waals surface area contributed by atoms with Crippen molar-refractivity contribution in [2.45, 2.75) is 32.2 Å². The average Bonchev–Trinajstić information content (AvgIpc) is 3.08. The van der Waals surface area contributed by atoms with E-state index in [-0.39, 0.29) is 6.42 Å². The number of anilines is 1. The van der Waals surface area contributed by atoms with E-state index in [1.165, 1.54) is 10.3 Å². The number of carboxylic acids is 1. The number of fused-ring (bicyclic) bond motifs is 3. The predicted octanol–water partition coefficient (Wildman–Crippen LogP) is 5.25. The molecule has 0 saturated carbocycles. The molecule has 0 spiro atoms. The highest BCUT2D eigenvalue weighted by Crippen LogP contribution is 2.36. The number of carboxylic acid groups (broad SMARTS) is 1. The molecule has 0 saturated heterocycles. The third-order valence-electron chi connectivity index (χ3n) is 4.63. The predicted molar refractivity (Wildman–Crippen MR) is 114 cm³/mol. The molecular formula is C22H21N3O2S. The van der Waals surface area contributed by atoms with Crippen molar-refractivity contribution < 1.29 is 9.90 Å². The van der Waals surface area contributed by atoms with Crippen molar-refractivity contribution >= 4 is 43.4 Å². The van der Waals surface area contributed by atoms with Crippen LogP contribution in [-0.4, -0.2) is 21.0 Å². The van der Waals surface area contributed by atoms with Crippen LogP contribution in [0, 0.1) is 0 Å². The van der Waals surface area contributed by atoms with E-state index < -0.39 is 5.97 Å². The van der Waals surface area contributed by atoms with Crippen molar-refractivity contribution in [2.24, 2.45) is 0 Å². The summed E-state index contributed by atoms with van der Waals surface area (Å²) >= 11 is 1.67. The van der Waals surface area contributed by atoms with Gasteiger partial charge in [-0.15, -0.1) is 11.3 Å². The van der Waals surface area contributed by atoms with Gasteiger partial charge >= 0.3 is 5.97 Å². The van der Waals surface area contributed by atoms with E-state index in [9.17, 15) is 4.79 Å². The molecular weight excluding hydrogens is 370 g/mol. The molecule has 5 nitrogen and oxygen atoms in total. The largest absolute Gasteiger partial charge is 0.481 e. The Balaban J connectivity index is 1.65. The molecule has 6 heteroatoms. The number of aryl methyl sites for hydroxylation is 1. The Labute approximate surface area is 167 Å². The van der Waals surface area contributed by atoms with Gasteiger partial charge in [-0.25, -0.2) is 9.97 Å². The van der Waals surface area contributed by atoms with Crippen molar-refractivity contribution in [3.8, 4) is 0 Å². The lowest BCUT2D eigenvalue weighted by Crippen LogP contribution is -2.05. The zero-order valence-electron chi connectivity index (χ0n) is 15.4. The Hall–Kier alpha value is -2.99. The summed E-state index contributed by atoms with van der Waals surface area (Å²) in [5, 5.41) is 14.5. The van der Waals surface area contributed by atoms with E-state index in [1.54, 1.807) is 11.3 Å². The van der Waals surface area contributed by atoms with Crippen LogP contribution in [0.3, 0.4) is 0 Å². The zero-order chi connectivity index (χ0) is 19.3. The highest BCUT2D eigenvalue weighted by Gasteiger charge is 2.14. The molecule has 0 aliphatic heterocycles. The first-order valence-corrected chi connectivity index (χ1v) is 10.2. The van der Waals surface area contributed by atoms with Crippen molar-refractivity contribution in [3.63, 3.8) is 0 Å². The van der Waals surface area contributed by atoms with Crippen LogP contribution in [-0.2, 0) is 17.8 Å². The number of rotatable bonds is 8. The lowest BCUT2D eigenvalue weighted by molar-refractivity contribution is -0.137. The van der Waals surface area contributed by atoms with Crippen LogP contribution in [0.15, 0.2) is 54.6 Å². The zero-order valence-corrected chi connectivity index (χ0v) is 16.2. The Morgan fingerprint density at radius 2 is 1.79 bits per heavy atom. The number of aliphatic carboxylic acids is 1. The normalized spacial score (nSPS) is 11.1. The molecule has 2 N–H and O–H groups in total. The van der Waals surface area contributed by atoms with Gasteiger partial charge < -0.3 is 10.4 Å². The van der Waals surface area contributed by atoms with Gasteiger partial charge in [0.25, 0.3) is 0 Å². The summed E-state index contributed by atoms with van der Waals surface area (Å²) in [7, 11) is 0. The molecule has 0 bridgehead atoms. The number of thiophene rings is 1. The molecule has 0 amide bonds. The summed E-state index contributed by atoms with van der Waals surface area (Å²) in [5.74, 6) is 0.852. The molecule has 2 aromatic heterocycles. The second-order valence-corrected chi connectivity index (χ2v) is 7.74. The Kier molecular flexibility index (Phi) is 5.48. The van der Waals surface area contributed by atoms with E-state index >= 15 is 0 Å². The molecule has 2 aromatic carbocycles. The molecule has 0 fully saturated rings. The average molecular weight is 391 g/mol. The highest BCUT2D eigenvalue weighted by molar-refractivity contribution is 7.25. The van der Waals surface area contributed by atoms with Gasteiger partial charge in [0.15, 0.2) is 0 Å². The number of carbonyl (C=O) groups is 1. The van der Waals surface area contributed by atoms with Crippen molar-refractivity contribution in [3.05, 3.63) is 66.0 Å². The van der Waals surface area contributed by atoms with Gasteiger partial charge in [0.1, 0.15) is 16.5 Å². The summed E-state index contributed by atoms with van der Waals surface area (Å²) in [6, 6.07) is 18.5. The first kappa shape index (κ1) is 18.4. The summed E-state index contributed by atoms with van der Waals surface area (Å²) < 4.78 is 1.19. The van der Waals surface area contributed by atoms with E-state index in [0.717, 1.165) is 33.7 Å². The minimum Gasteiger partial charge on any atom is -0.481 e. The number of unbranched alkanes of at least 4 members (excludes halogenated alkanes) is 1. The third-order valence-corrected chi connectivity index (χ3v) is 5.69. The van der Waals surface area contributed by atoms with Crippen LogP contribution in [0.4, 0.5) is 5.82 Å². The smallest absolute Gasteiger partial charge is 0.303 e. The second-order valence-electron chi connectivity index (χ2n) is 6.71. The van der Waals surface area contributed by atoms with Crippen molar-refractivity contribution in [2.75, 3.05) is 5.32 Å². The minimum absolute atomic E-state index is 0.185. The van der Waals surface area contributed by atoms with Crippen LogP contribution in [0.1, 0.15) is 30.7 Å². The fraction of sp³-hybridized carbons (Fsp3) is 0.227. The van der Waals surface area contributed by atoms with E-state index in [0.29, 0.717) is 19.4 Å². The van der Waals surface area contributed by atoms with Gasteiger partial charge in [-0.3, -0.25) is 4.79 Å². The molecule has 0 unspecified atom stereocenters. The topological polar surface area (TPSA) is 75.1 Å². The number of hydrogen-bond acceptors (Lipinski definition) is 5. The molecule has 0 aliphatic carbocycles. The Bertz CT molecular complexity index is 1110. The van der Waals surface area contributed by atoms with Crippen molar-refractivity contribution in [1.29, 1.82) is 0 Å². The fourth-order valence-corrected chi connectivity index (χ4v) is 4.34. The Morgan fingerprint density at radius 1 is 1.00 bits per heavy atom. The highest BCUT2D eigenvalue weighted by atomic mass is 32.1. The number of hydrogen-bond donors (Lipinski definition) is 2. The monoisotopic (exact) mass is 391 g/mol. The van der Waals surface area contributed by atoms with Gasteiger partial charge in [-0.05, 0) is 24.5 Å². The standard InChI is InChI=1S/C22H21N3O2S/c26-19(27)13-7-6-12-18-24-21(23-14-15-8-2-1-3-9-15)20-16-10-4-5-11-17(16)28-22(20)25-18/h1-5,8-11H,6-7,12-14H2,(H,26,27)(H,23,24,25). The summed E-state index contributed by atoms with van der Waals surface area (Å²) in [6.07, 6.45) is 2.26. The number of aromatic nitrogens is 2. The first-order valence-electron chi connectivity index (χ1n) is 9.38. The molecule has 28 heavy (non-hydrogen) atoms. The van der Waals surface area contributed by atoms with E-state index in [2.05, 4.69) is 29.6 Å². The molecule has 142 valence electrons. The molecule has 4 aromatic rings. The van der Waals surface area contributed by atoms with Crippen LogP contribution < -0.4 is 5.32 Å².